The van der Waals surface area contributed by atoms with Gasteiger partial charge in [0.25, 0.3) is 0 Å². The van der Waals surface area contributed by atoms with Gasteiger partial charge < -0.3 is 19.7 Å². The van der Waals surface area contributed by atoms with Gasteiger partial charge in [0.15, 0.2) is 11.5 Å². The van der Waals surface area contributed by atoms with Crippen LogP contribution < -0.4 is 14.8 Å². The van der Waals surface area contributed by atoms with E-state index < -0.39 is 0 Å². The van der Waals surface area contributed by atoms with E-state index in [0.29, 0.717) is 18.8 Å². The minimum atomic E-state index is 0.293. The lowest BCUT2D eigenvalue weighted by Gasteiger charge is -2.29. The first kappa shape index (κ1) is 19.1. The number of nitrogens with one attached hydrogen (secondary N) is 1. The van der Waals surface area contributed by atoms with Crippen LogP contribution in [0.25, 0.3) is 0 Å². The molecule has 0 aliphatic carbocycles. The number of allylic oxidation sites excluding steroid dienone is 2. The zero-order valence-corrected chi connectivity index (χ0v) is 17.0. The van der Waals surface area contributed by atoms with E-state index in [1.54, 1.807) is 0 Å². The van der Waals surface area contributed by atoms with Crippen molar-refractivity contribution in [3.63, 3.8) is 0 Å². The zero-order chi connectivity index (χ0) is 19.3. The molecule has 150 valence electrons. The molecular formula is C23H31N3O2. The van der Waals surface area contributed by atoms with Gasteiger partial charge in [-0.05, 0) is 55.4 Å². The van der Waals surface area contributed by atoms with E-state index in [4.69, 9.17) is 14.5 Å². The van der Waals surface area contributed by atoms with Gasteiger partial charge in [0.1, 0.15) is 5.82 Å². The Morgan fingerprint density at radius 2 is 2.00 bits per heavy atom. The van der Waals surface area contributed by atoms with Crippen LogP contribution >= 0.6 is 0 Å². The normalized spacial score (nSPS) is 20.0. The van der Waals surface area contributed by atoms with Crippen LogP contribution in [-0.2, 0) is 6.54 Å². The minimum Gasteiger partial charge on any atom is -0.454 e. The second-order valence-corrected chi connectivity index (χ2v) is 8.09. The van der Waals surface area contributed by atoms with Crippen molar-refractivity contribution in [2.24, 2.45) is 10.9 Å². The molecule has 0 amide bonds. The number of benzene rings is 1. The van der Waals surface area contributed by atoms with Gasteiger partial charge in [0.2, 0.25) is 6.79 Å². The van der Waals surface area contributed by atoms with Gasteiger partial charge in [0.05, 0.1) is 0 Å². The summed E-state index contributed by atoms with van der Waals surface area (Å²) in [6.45, 7) is 7.87. The summed E-state index contributed by atoms with van der Waals surface area (Å²) in [5, 5.41) is 3.75. The number of hydrogen-bond donors (Lipinski definition) is 1. The fourth-order valence-electron chi connectivity index (χ4n) is 4.25. The molecule has 1 saturated heterocycles. The second kappa shape index (κ2) is 8.82. The van der Waals surface area contributed by atoms with Crippen LogP contribution in [0.2, 0.25) is 0 Å². The molecule has 1 atom stereocenters. The summed E-state index contributed by atoms with van der Waals surface area (Å²) < 4.78 is 11.2. The Bertz CT molecular complexity index is 776. The number of aliphatic imine (C=N–C) groups is 1. The summed E-state index contributed by atoms with van der Waals surface area (Å²) in [6.07, 6.45) is 11.3. The largest absolute Gasteiger partial charge is 0.454 e. The van der Waals surface area contributed by atoms with Gasteiger partial charge in [0, 0.05) is 37.5 Å². The predicted molar refractivity (Wildman–Crippen MR) is 113 cm³/mol. The molecule has 0 saturated carbocycles. The molecule has 5 heteroatoms. The minimum absolute atomic E-state index is 0.293. The monoisotopic (exact) mass is 381 g/mol. The molecule has 5 nitrogen and oxygen atoms in total. The molecule has 0 bridgehead atoms. The molecule has 1 fully saturated rings. The third-order valence-electron chi connectivity index (χ3n) is 5.75. The van der Waals surface area contributed by atoms with E-state index in [-0.39, 0.29) is 0 Å². The van der Waals surface area contributed by atoms with Crippen molar-refractivity contribution in [3.8, 4) is 11.5 Å². The first-order valence-corrected chi connectivity index (χ1v) is 10.5. The third kappa shape index (κ3) is 4.25. The van der Waals surface area contributed by atoms with E-state index in [2.05, 4.69) is 42.3 Å². The molecule has 0 radical (unpaired) electrons. The van der Waals surface area contributed by atoms with E-state index in [1.807, 2.05) is 18.3 Å². The van der Waals surface area contributed by atoms with Gasteiger partial charge in [-0.15, -0.1) is 0 Å². The van der Waals surface area contributed by atoms with E-state index >= 15 is 0 Å². The molecule has 4 rings (SSSR count). The molecule has 0 aromatic heterocycles. The smallest absolute Gasteiger partial charge is 0.231 e. The number of para-hydroxylation sites is 1. The Balaban J connectivity index is 1.43. The summed E-state index contributed by atoms with van der Waals surface area (Å²) in [7, 11) is 0. The van der Waals surface area contributed by atoms with Crippen molar-refractivity contribution >= 4 is 6.21 Å². The summed E-state index contributed by atoms with van der Waals surface area (Å²) in [4.78, 5) is 7.16. The van der Waals surface area contributed by atoms with Crippen LogP contribution in [0.3, 0.4) is 0 Å². The maximum atomic E-state index is 5.66. The van der Waals surface area contributed by atoms with E-state index in [9.17, 15) is 0 Å². The number of piperidine rings is 1. The molecule has 28 heavy (non-hydrogen) atoms. The van der Waals surface area contributed by atoms with Crippen molar-refractivity contribution in [2.75, 3.05) is 19.9 Å². The molecule has 3 aliphatic rings. The maximum Gasteiger partial charge on any atom is 0.231 e. The lowest BCUT2D eigenvalue weighted by atomic mass is 9.93. The Kier molecular flexibility index (Phi) is 6.01. The first-order valence-electron chi connectivity index (χ1n) is 10.5. The Labute approximate surface area is 168 Å². The number of fused-ring (bicyclic) bond motifs is 1. The molecule has 0 spiro atoms. The summed E-state index contributed by atoms with van der Waals surface area (Å²) in [6, 6.07) is 6.39. The fraction of sp³-hybridized carbons (Fsp3) is 0.522. The van der Waals surface area contributed by atoms with Crippen LogP contribution in [0.5, 0.6) is 11.5 Å². The number of hydrogen-bond acceptors (Lipinski definition) is 5. The highest BCUT2D eigenvalue weighted by molar-refractivity contribution is 5.74. The highest BCUT2D eigenvalue weighted by Crippen LogP contribution is 2.35. The average Bonchev–Trinajstić information content (AvgIpc) is 3.07. The maximum absolute atomic E-state index is 5.66. The van der Waals surface area contributed by atoms with Crippen LogP contribution in [0.4, 0.5) is 0 Å². The zero-order valence-electron chi connectivity index (χ0n) is 17.0. The van der Waals surface area contributed by atoms with Crippen molar-refractivity contribution < 1.29 is 9.47 Å². The highest BCUT2D eigenvalue weighted by atomic mass is 16.7. The summed E-state index contributed by atoms with van der Waals surface area (Å²) >= 11 is 0. The molecule has 1 unspecified atom stereocenters. The lowest BCUT2D eigenvalue weighted by Crippen LogP contribution is -2.35. The van der Waals surface area contributed by atoms with Crippen LogP contribution in [0.1, 0.15) is 45.1 Å². The molecule has 1 N–H and O–H groups in total. The molecule has 3 aliphatic heterocycles. The van der Waals surface area contributed by atoms with E-state index in [0.717, 1.165) is 48.9 Å². The second-order valence-electron chi connectivity index (χ2n) is 8.09. The van der Waals surface area contributed by atoms with Crippen molar-refractivity contribution in [3.05, 3.63) is 47.3 Å². The van der Waals surface area contributed by atoms with Crippen LogP contribution in [0.15, 0.2) is 46.7 Å². The van der Waals surface area contributed by atoms with Crippen molar-refractivity contribution in [2.45, 2.75) is 52.1 Å². The van der Waals surface area contributed by atoms with Gasteiger partial charge in [-0.3, -0.25) is 0 Å². The summed E-state index contributed by atoms with van der Waals surface area (Å²) in [5.41, 5.74) is 2.53. The number of likely N-dealkylation sites (tertiary alicyclic amines) is 1. The third-order valence-corrected chi connectivity index (χ3v) is 5.75. The van der Waals surface area contributed by atoms with Crippen molar-refractivity contribution in [1.82, 2.24) is 10.2 Å². The van der Waals surface area contributed by atoms with Crippen LogP contribution in [0, 0.1) is 5.92 Å². The quantitative estimate of drug-likeness (QED) is 0.800. The van der Waals surface area contributed by atoms with Crippen LogP contribution in [-0.4, -0.2) is 37.0 Å². The van der Waals surface area contributed by atoms with Crippen molar-refractivity contribution in [1.29, 1.82) is 0 Å². The fourth-order valence-corrected chi connectivity index (χ4v) is 4.25. The SMILES string of the molecule is CC(C)C(NCc1cccc2c1OCO2)C1=CC=NC(N2CCCCC2)=CC1. The van der Waals surface area contributed by atoms with Gasteiger partial charge in [-0.25, -0.2) is 4.99 Å². The molecular weight excluding hydrogens is 350 g/mol. The summed E-state index contributed by atoms with van der Waals surface area (Å²) in [5.74, 6) is 3.34. The van der Waals surface area contributed by atoms with Gasteiger partial charge in [-0.1, -0.05) is 26.0 Å². The van der Waals surface area contributed by atoms with Gasteiger partial charge in [-0.2, -0.15) is 0 Å². The average molecular weight is 382 g/mol. The standard InChI is InChI=1S/C23H31N3O2/c1-17(2)22(25-15-19-7-6-8-20-23(19)28-16-27-20)18-9-10-21(24-12-11-18)26-13-4-3-5-14-26/h6-8,10-12,17,22,25H,3-5,9,13-16H2,1-2H3. The molecule has 1 aromatic rings. The highest BCUT2D eigenvalue weighted by Gasteiger charge is 2.22. The molecule has 1 aromatic carbocycles. The van der Waals surface area contributed by atoms with Gasteiger partial charge >= 0.3 is 0 Å². The molecule has 3 heterocycles. The Hall–Kier alpha value is -2.27. The van der Waals surface area contributed by atoms with E-state index in [1.165, 1.54) is 24.8 Å². The Morgan fingerprint density at radius 3 is 2.82 bits per heavy atom. The Morgan fingerprint density at radius 1 is 1.14 bits per heavy atom. The number of ether oxygens (including phenoxy) is 2. The number of rotatable bonds is 6. The first-order chi connectivity index (χ1) is 13.7. The topological polar surface area (TPSA) is 46.1 Å². The predicted octanol–water partition coefficient (Wildman–Crippen LogP) is 4.26. The number of nitrogens with zero attached hydrogens (tertiary/aromatic N) is 2. The lowest BCUT2D eigenvalue weighted by molar-refractivity contribution is 0.173.